The van der Waals surface area contributed by atoms with Gasteiger partial charge in [0, 0.05) is 51.9 Å². The number of carbonyl (C=O) groups excluding carboxylic acids is 1. The lowest BCUT2D eigenvalue weighted by molar-refractivity contribution is -0.126. The maximum Gasteiger partial charge on any atom is 0.268 e. The lowest BCUT2D eigenvalue weighted by Gasteiger charge is -2.36. The summed E-state index contributed by atoms with van der Waals surface area (Å²) in [5.74, 6) is 0.114. The third-order valence-electron chi connectivity index (χ3n) is 6.29. The topological polar surface area (TPSA) is 70.5 Å². The second-order valence-electron chi connectivity index (χ2n) is 8.51. The van der Waals surface area contributed by atoms with Gasteiger partial charge >= 0.3 is 0 Å². The van der Waals surface area contributed by atoms with Crippen LogP contribution in [0.5, 0.6) is 0 Å². The Morgan fingerprint density at radius 1 is 1.13 bits per heavy atom. The Kier molecular flexibility index (Phi) is 6.47. The van der Waals surface area contributed by atoms with E-state index in [2.05, 4.69) is 44.5 Å². The SMILES string of the molecule is Cn1ncc(N2CCCC(C(=O)NC3CCN(Cc4ccccc4)CC3)C2)cc1=O. The number of likely N-dealkylation sites (tertiary alicyclic amines) is 1. The van der Waals surface area contributed by atoms with E-state index in [0.717, 1.165) is 57.5 Å². The molecule has 30 heavy (non-hydrogen) atoms. The van der Waals surface area contributed by atoms with Crippen molar-refractivity contribution in [2.75, 3.05) is 31.1 Å². The molecule has 0 bridgehead atoms. The Bertz CT molecular complexity index is 905. The number of rotatable bonds is 5. The maximum absolute atomic E-state index is 12.9. The fourth-order valence-corrected chi connectivity index (χ4v) is 4.45. The van der Waals surface area contributed by atoms with Crippen LogP contribution in [0, 0.1) is 5.92 Å². The van der Waals surface area contributed by atoms with Gasteiger partial charge < -0.3 is 10.2 Å². The Morgan fingerprint density at radius 3 is 2.63 bits per heavy atom. The molecule has 2 aromatic rings. The van der Waals surface area contributed by atoms with Crippen molar-refractivity contribution in [2.45, 2.75) is 38.3 Å². The van der Waals surface area contributed by atoms with Crippen molar-refractivity contribution in [3.63, 3.8) is 0 Å². The zero-order chi connectivity index (χ0) is 20.9. The lowest BCUT2D eigenvalue weighted by atomic mass is 9.95. The van der Waals surface area contributed by atoms with Gasteiger partial charge in [-0.1, -0.05) is 30.3 Å². The molecule has 0 saturated carbocycles. The van der Waals surface area contributed by atoms with Crippen molar-refractivity contribution in [1.82, 2.24) is 20.0 Å². The Hall–Kier alpha value is -2.67. The van der Waals surface area contributed by atoms with Crippen LogP contribution in [-0.2, 0) is 18.4 Å². The van der Waals surface area contributed by atoms with Crippen molar-refractivity contribution in [1.29, 1.82) is 0 Å². The summed E-state index contributed by atoms with van der Waals surface area (Å²) in [7, 11) is 1.64. The molecule has 2 saturated heterocycles. The molecule has 7 nitrogen and oxygen atoms in total. The van der Waals surface area contributed by atoms with Gasteiger partial charge in [-0.15, -0.1) is 0 Å². The van der Waals surface area contributed by atoms with E-state index in [1.165, 1.54) is 10.2 Å². The molecule has 7 heteroatoms. The Labute approximate surface area is 177 Å². The van der Waals surface area contributed by atoms with Crippen molar-refractivity contribution in [2.24, 2.45) is 13.0 Å². The van der Waals surface area contributed by atoms with Gasteiger partial charge in [0.1, 0.15) is 0 Å². The quantitative estimate of drug-likeness (QED) is 0.815. The Balaban J connectivity index is 1.26. The molecule has 0 spiro atoms. The van der Waals surface area contributed by atoms with E-state index in [1.807, 2.05) is 6.07 Å². The van der Waals surface area contributed by atoms with E-state index in [4.69, 9.17) is 0 Å². The number of amides is 1. The highest BCUT2D eigenvalue weighted by atomic mass is 16.2. The molecule has 1 unspecified atom stereocenters. The number of benzene rings is 1. The molecule has 4 rings (SSSR count). The summed E-state index contributed by atoms with van der Waals surface area (Å²) in [6.07, 6.45) is 5.54. The van der Waals surface area contributed by atoms with Gasteiger partial charge in [-0.25, -0.2) is 4.68 Å². The van der Waals surface area contributed by atoms with E-state index in [-0.39, 0.29) is 23.4 Å². The van der Waals surface area contributed by atoms with Gasteiger partial charge in [-0.05, 0) is 31.2 Å². The molecule has 0 radical (unpaired) electrons. The molecule has 2 aliphatic rings. The number of hydrogen-bond acceptors (Lipinski definition) is 5. The second-order valence-corrected chi connectivity index (χ2v) is 8.51. The summed E-state index contributed by atoms with van der Waals surface area (Å²) in [6, 6.07) is 12.4. The summed E-state index contributed by atoms with van der Waals surface area (Å²) in [6.45, 7) is 4.50. The molecule has 1 atom stereocenters. The first kappa shape index (κ1) is 20.6. The lowest BCUT2D eigenvalue weighted by Crippen LogP contribution is -2.49. The van der Waals surface area contributed by atoms with Crippen LogP contribution in [-0.4, -0.2) is 52.8 Å². The molecular weight excluding hydrogens is 378 g/mol. The fraction of sp³-hybridized carbons (Fsp3) is 0.522. The second kappa shape index (κ2) is 9.43. The van der Waals surface area contributed by atoms with Gasteiger partial charge in [0.15, 0.2) is 0 Å². The molecule has 1 aromatic carbocycles. The van der Waals surface area contributed by atoms with Crippen LogP contribution >= 0.6 is 0 Å². The first-order chi connectivity index (χ1) is 14.6. The molecule has 3 heterocycles. The van der Waals surface area contributed by atoms with Gasteiger partial charge in [-0.2, -0.15) is 5.10 Å². The number of nitrogens with zero attached hydrogens (tertiary/aromatic N) is 4. The Morgan fingerprint density at radius 2 is 1.90 bits per heavy atom. The monoisotopic (exact) mass is 409 g/mol. The van der Waals surface area contributed by atoms with Crippen LogP contribution in [0.25, 0.3) is 0 Å². The van der Waals surface area contributed by atoms with E-state index < -0.39 is 0 Å². The molecule has 1 amide bonds. The molecule has 2 fully saturated rings. The van der Waals surface area contributed by atoms with E-state index in [1.54, 1.807) is 19.3 Å². The highest BCUT2D eigenvalue weighted by Gasteiger charge is 2.29. The number of hydrogen-bond donors (Lipinski definition) is 1. The third-order valence-corrected chi connectivity index (χ3v) is 6.29. The van der Waals surface area contributed by atoms with E-state index >= 15 is 0 Å². The van der Waals surface area contributed by atoms with Crippen LogP contribution < -0.4 is 15.8 Å². The molecule has 1 aromatic heterocycles. The summed E-state index contributed by atoms with van der Waals surface area (Å²) in [4.78, 5) is 29.4. The number of carbonyl (C=O) groups is 1. The minimum Gasteiger partial charge on any atom is -0.369 e. The van der Waals surface area contributed by atoms with Crippen LogP contribution in [0.3, 0.4) is 0 Å². The normalized spacial score (nSPS) is 20.8. The van der Waals surface area contributed by atoms with E-state index in [0.29, 0.717) is 6.54 Å². The minimum atomic E-state index is -0.124. The highest BCUT2D eigenvalue weighted by molar-refractivity contribution is 5.80. The minimum absolute atomic E-state index is 0.0369. The number of anilines is 1. The summed E-state index contributed by atoms with van der Waals surface area (Å²) in [5.41, 5.74) is 2.03. The predicted octanol–water partition coefficient (Wildman–Crippen LogP) is 1.78. The summed E-state index contributed by atoms with van der Waals surface area (Å²) in [5, 5.41) is 7.40. The zero-order valence-corrected chi connectivity index (χ0v) is 17.7. The standard InChI is InChI=1S/C23H31N5O2/c1-26-22(29)14-21(15-24-26)28-11-5-8-19(17-28)23(30)25-20-9-12-27(13-10-20)16-18-6-3-2-4-7-18/h2-4,6-7,14-15,19-20H,5,8-13,16-17H2,1H3,(H,25,30). The first-order valence-electron chi connectivity index (χ1n) is 10.9. The van der Waals surface area contributed by atoms with Crippen molar-refractivity contribution >= 4 is 11.6 Å². The fourth-order valence-electron chi connectivity index (χ4n) is 4.45. The zero-order valence-electron chi connectivity index (χ0n) is 17.7. The highest BCUT2D eigenvalue weighted by Crippen LogP contribution is 2.22. The van der Waals surface area contributed by atoms with Crippen LogP contribution in [0.15, 0.2) is 47.4 Å². The largest absolute Gasteiger partial charge is 0.369 e. The molecule has 2 aliphatic heterocycles. The maximum atomic E-state index is 12.9. The third kappa shape index (κ3) is 5.08. The summed E-state index contributed by atoms with van der Waals surface area (Å²) < 4.78 is 1.32. The molecule has 160 valence electrons. The smallest absolute Gasteiger partial charge is 0.268 e. The van der Waals surface area contributed by atoms with E-state index in [9.17, 15) is 9.59 Å². The first-order valence-corrected chi connectivity index (χ1v) is 10.9. The summed E-state index contributed by atoms with van der Waals surface area (Å²) >= 11 is 0. The molecular formula is C23H31N5O2. The van der Waals surface area contributed by atoms with Gasteiger partial charge in [0.25, 0.3) is 5.56 Å². The predicted molar refractivity (Wildman–Crippen MR) is 117 cm³/mol. The van der Waals surface area contributed by atoms with Crippen molar-refractivity contribution in [3.05, 3.63) is 58.5 Å². The average Bonchev–Trinajstić information content (AvgIpc) is 2.78. The number of nitrogens with one attached hydrogen (secondary N) is 1. The van der Waals surface area contributed by atoms with Gasteiger partial charge in [-0.3, -0.25) is 14.5 Å². The number of piperidine rings is 2. The van der Waals surface area contributed by atoms with Crippen LogP contribution in [0.2, 0.25) is 0 Å². The van der Waals surface area contributed by atoms with Crippen LogP contribution in [0.1, 0.15) is 31.2 Å². The average molecular weight is 410 g/mol. The van der Waals surface area contributed by atoms with Gasteiger partial charge in [0.05, 0.1) is 17.8 Å². The van der Waals surface area contributed by atoms with Gasteiger partial charge in [0.2, 0.25) is 5.91 Å². The number of aryl methyl sites for hydroxylation is 1. The van der Waals surface area contributed by atoms with Crippen molar-refractivity contribution in [3.8, 4) is 0 Å². The van der Waals surface area contributed by atoms with Crippen molar-refractivity contribution < 1.29 is 4.79 Å². The number of aromatic nitrogens is 2. The molecule has 1 N–H and O–H groups in total. The van der Waals surface area contributed by atoms with Crippen LogP contribution in [0.4, 0.5) is 5.69 Å². The molecule has 0 aliphatic carbocycles.